The quantitative estimate of drug-likeness (QED) is 0.712. The van der Waals surface area contributed by atoms with Crippen molar-refractivity contribution in [3.05, 3.63) is 70.4 Å². The van der Waals surface area contributed by atoms with Crippen LogP contribution in [0.3, 0.4) is 0 Å². The summed E-state index contributed by atoms with van der Waals surface area (Å²) in [4.78, 5) is 19.7. The molecular formula is C22H22ClN3O. The van der Waals surface area contributed by atoms with E-state index in [2.05, 4.69) is 33.4 Å². The SMILES string of the molecule is Cc1nc2ccc(Cl)cc2cc1C(=O)NCc1ccccc1N1CCCC1. The number of aromatic nitrogens is 1. The van der Waals surface area contributed by atoms with Crippen LogP contribution in [0.4, 0.5) is 5.69 Å². The van der Waals surface area contributed by atoms with E-state index in [0.29, 0.717) is 17.1 Å². The van der Waals surface area contributed by atoms with Gasteiger partial charge < -0.3 is 10.2 Å². The molecule has 0 atom stereocenters. The summed E-state index contributed by atoms with van der Waals surface area (Å²) in [7, 11) is 0. The van der Waals surface area contributed by atoms with Crippen LogP contribution in [0.1, 0.15) is 34.5 Å². The Labute approximate surface area is 164 Å². The molecule has 1 aromatic heterocycles. The number of fused-ring (bicyclic) bond motifs is 1. The van der Waals surface area contributed by atoms with E-state index in [9.17, 15) is 4.79 Å². The summed E-state index contributed by atoms with van der Waals surface area (Å²) < 4.78 is 0. The molecule has 4 rings (SSSR count). The summed E-state index contributed by atoms with van der Waals surface area (Å²) >= 11 is 6.08. The number of hydrogen-bond donors (Lipinski definition) is 1. The lowest BCUT2D eigenvalue weighted by molar-refractivity contribution is 0.0950. The van der Waals surface area contributed by atoms with Crippen LogP contribution in [0.15, 0.2) is 48.5 Å². The molecule has 0 bridgehead atoms. The third-order valence-electron chi connectivity index (χ3n) is 5.09. The zero-order valence-corrected chi connectivity index (χ0v) is 16.1. The maximum Gasteiger partial charge on any atom is 0.253 e. The van der Waals surface area contributed by atoms with Crippen molar-refractivity contribution in [2.24, 2.45) is 0 Å². The lowest BCUT2D eigenvalue weighted by Gasteiger charge is -2.21. The predicted octanol–water partition coefficient (Wildman–Crippen LogP) is 4.73. The van der Waals surface area contributed by atoms with Crippen LogP contribution in [0.25, 0.3) is 10.9 Å². The lowest BCUT2D eigenvalue weighted by atomic mass is 10.1. The second kappa shape index (κ2) is 7.57. The summed E-state index contributed by atoms with van der Waals surface area (Å²) in [5.74, 6) is -0.113. The third kappa shape index (κ3) is 3.76. The van der Waals surface area contributed by atoms with Crippen LogP contribution in [0, 0.1) is 6.92 Å². The van der Waals surface area contributed by atoms with Crippen LogP contribution in [0.2, 0.25) is 5.02 Å². The van der Waals surface area contributed by atoms with Crippen LogP contribution in [0.5, 0.6) is 0 Å². The Hall–Kier alpha value is -2.59. The number of halogens is 1. The molecule has 4 nitrogen and oxygen atoms in total. The molecule has 0 saturated carbocycles. The number of rotatable bonds is 4. The zero-order chi connectivity index (χ0) is 18.8. The Morgan fingerprint density at radius 2 is 1.93 bits per heavy atom. The van der Waals surface area contributed by atoms with Crippen LogP contribution in [-0.2, 0) is 6.54 Å². The molecule has 3 aromatic rings. The minimum Gasteiger partial charge on any atom is -0.371 e. The van der Waals surface area contributed by atoms with E-state index in [1.807, 2.05) is 37.3 Å². The number of carbonyl (C=O) groups excluding carboxylic acids is 1. The molecule has 1 saturated heterocycles. The average molecular weight is 380 g/mol. The van der Waals surface area contributed by atoms with Gasteiger partial charge in [-0.1, -0.05) is 29.8 Å². The summed E-state index contributed by atoms with van der Waals surface area (Å²) in [5, 5.41) is 4.57. The van der Waals surface area contributed by atoms with Gasteiger partial charge in [-0.25, -0.2) is 0 Å². The van der Waals surface area contributed by atoms with Gasteiger partial charge in [0.2, 0.25) is 0 Å². The number of para-hydroxylation sites is 1. The highest BCUT2D eigenvalue weighted by Gasteiger charge is 2.17. The van der Waals surface area contributed by atoms with Gasteiger partial charge in [0.05, 0.1) is 16.8 Å². The first-order valence-electron chi connectivity index (χ1n) is 9.30. The second-order valence-electron chi connectivity index (χ2n) is 6.96. The second-order valence-corrected chi connectivity index (χ2v) is 7.40. The maximum atomic E-state index is 12.8. The molecule has 1 fully saturated rings. The van der Waals surface area contributed by atoms with Crippen molar-refractivity contribution in [1.82, 2.24) is 10.3 Å². The molecule has 0 unspecified atom stereocenters. The van der Waals surface area contributed by atoms with Crippen molar-refractivity contribution < 1.29 is 4.79 Å². The van der Waals surface area contributed by atoms with E-state index < -0.39 is 0 Å². The predicted molar refractivity (Wildman–Crippen MR) is 111 cm³/mol. The van der Waals surface area contributed by atoms with Crippen molar-refractivity contribution in [2.45, 2.75) is 26.3 Å². The van der Waals surface area contributed by atoms with Crippen molar-refractivity contribution >= 4 is 34.1 Å². The van der Waals surface area contributed by atoms with Gasteiger partial charge in [-0.3, -0.25) is 9.78 Å². The molecular weight excluding hydrogens is 358 g/mol. The summed E-state index contributed by atoms with van der Waals surface area (Å²) in [6.07, 6.45) is 2.45. The number of benzene rings is 2. The van der Waals surface area contributed by atoms with E-state index in [1.165, 1.54) is 18.5 Å². The van der Waals surface area contributed by atoms with Crippen molar-refractivity contribution in [3.8, 4) is 0 Å². The number of amides is 1. The van der Waals surface area contributed by atoms with Crippen LogP contribution in [-0.4, -0.2) is 24.0 Å². The average Bonchev–Trinajstić information content (AvgIpc) is 3.21. The van der Waals surface area contributed by atoms with Crippen molar-refractivity contribution in [3.63, 3.8) is 0 Å². The molecule has 0 radical (unpaired) electrons. The minimum atomic E-state index is -0.113. The molecule has 1 aliphatic rings. The lowest BCUT2D eigenvalue weighted by Crippen LogP contribution is -2.26. The molecule has 0 spiro atoms. The Morgan fingerprint density at radius 3 is 2.74 bits per heavy atom. The minimum absolute atomic E-state index is 0.113. The van der Waals surface area contributed by atoms with E-state index in [1.54, 1.807) is 0 Å². The molecule has 2 aromatic carbocycles. The first-order chi connectivity index (χ1) is 13.1. The Kier molecular flexibility index (Phi) is 4.99. The summed E-state index contributed by atoms with van der Waals surface area (Å²) in [5.41, 5.74) is 4.50. The van der Waals surface area contributed by atoms with Gasteiger partial charge in [0.25, 0.3) is 5.91 Å². The number of pyridine rings is 1. The zero-order valence-electron chi connectivity index (χ0n) is 15.3. The maximum absolute atomic E-state index is 12.8. The molecule has 1 amide bonds. The molecule has 138 valence electrons. The van der Waals surface area contributed by atoms with Gasteiger partial charge >= 0.3 is 0 Å². The van der Waals surface area contributed by atoms with Gasteiger partial charge in [0.1, 0.15) is 0 Å². The molecule has 1 aliphatic heterocycles. The molecule has 1 N–H and O–H groups in total. The van der Waals surface area contributed by atoms with Gasteiger partial charge in [0, 0.05) is 35.7 Å². The van der Waals surface area contributed by atoms with Gasteiger partial charge in [-0.2, -0.15) is 0 Å². The number of aryl methyl sites for hydroxylation is 1. The number of hydrogen-bond acceptors (Lipinski definition) is 3. The fourth-order valence-electron chi connectivity index (χ4n) is 3.67. The highest BCUT2D eigenvalue weighted by Crippen LogP contribution is 2.25. The Balaban J connectivity index is 1.55. The number of nitrogens with one attached hydrogen (secondary N) is 1. The van der Waals surface area contributed by atoms with Crippen LogP contribution < -0.4 is 10.2 Å². The topological polar surface area (TPSA) is 45.2 Å². The first kappa shape index (κ1) is 17.8. The van der Waals surface area contributed by atoms with Crippen molar-refractivity contribution in [1.29, 1.82) is 0 Å². The smallest absolute Gasteiger partial charge is 0.253 e. The Bertz CT molecular complexity index is 996. The first-order valence-corrected chi connectivity index (χ1v) is 9.67. The highest BCUT2D eigenvalue weighted by molar-refractivity contribution is 6.31. The third-order valence-corrected chi connectivity index (χ3v) is 5.32. The van der Waals surface area contributed by atoms with E-state index in [0.717, 1.165) is 35.2 Å². The van der Waals surface area contributed by atoms with E-state index in [-0.39, 0.29) is 5.91 Å². The monoisotopic (exact) mass is 379 g/mol. The molecule has 27 heavy (non-hydrogen) atoms. The van der Waals surface area contributed by atoms with Gasteiger partial charge in [0.15, 0.2) is 0 Å². The van der Waals surface area contributed by atoms with Gasteiger partial charge in [-0.15, -0.1) is 0 Å². The fraction of sp³-hybridized carbons (Fsp3) is 0.273. The molecule has 2 heterocycles. The summed E-state index contributed by atoms with van der Waals surface area (Å²) in [6.45, 7) is 4.53. The standard InChI is InChI=1S/C22H22ClN3O/c1-15-19(13-17-12-18(23)8-9-20(17)25-15)22(27)24-14-16-6-2-3-7-21(16)26-10-4-5-11-26/h2-3,6-9,12-13H,4-5,10-11,14H2,1H3,(H,24,27). The molecule has 0 aliphatic carbocycles. The number of anilines is 1. The number of carbonyl (C=O) groups is 1. The highest BCUT2D eigenvalue weighted by atomic mass is 35.5. The normalized spacial score (nSPS) is 13.9. The largest absolute Gasteiger partial charge is 0.371 e. The molecule has 5 heteroatoms. The van der Waals surface area contributed by atoms with E-state index in [4.69, 9.17) is 11.6 Å². The van der Waals surface area contributed by atoms with Gasteiger partial charge in [-0.05, 0) is 55.7 Å². The number of nitrogens with zero attached hydrogens (tertiary/aromatic N) is 2. The van der Waals surface area contributed by atoms with Crippen molar-refractivity contribution in [2.75, 3.05) is 18.0 Å². The summed E-state index contributed by atoms with van der Waals surface area (Å²) in [6, 6.07) is 15.7. The van der Waals surface area contributed by atoms with E-state index >= 15 is 0 Å². The fourth-order valence-corrected chi connectivity index (χ4v) is 3.85. The Morgan fingerprint density at radius 1 is 1.15 bits per heavy atom. The van der Waals surface area contributed by atoms with Crippen LogP contribution >= 0.6 is 11.6 Å².